The molecule has 1 aromatic carbocycles. The van der Waals surface area contributed by atoms with Crippen molar-refractivity contribution in [3.63, 3.8) is 0 Å². The van der Waals surface area contributed by atoms with Gasteiger partial charge in [0.05, 0.1) is 6.20 Å². The van der Waals surface area contributed by atoms with Gasteiger partial charge in [0, 0.05) is 34.4 Å². The third kappa shape index (κ3) is 3.11. The smallest absolute Gasteiger partial charge is 0.0540 e. The number of nitrogens with one attached hydrogen (secondary N) is 1. The molecule has 5 heteroatoms. The topological polar surface area (TPSA) is 29.9 Å². The fraction of sp³-hybridized carbons (Fsp3) is 0.357. The molecule has 0 radical (unpaired) electrons. The maximum Gasteiger partial charge on any atom is 0.0540 e. The van der Waals surface area contributed by atoms with Crippen LogP contribution in [-0.2, 0) is 13.5 Å². The number of aromatic nitrogens is 2. The summed E-state index contributed by atoms with van der Waals surface area (Å²) in [4.78, 5) is 0. The van der Waals surface area contributed by atoms with E-state index in [4.69, 9.17) is 23.2 Å². The second-order valence-electron chi connectivity index (χ2n) is 4.59. The third-order valence-electron chi connectivity index (χ3n) is 3.44. The maximum atomic E-state index is 6.23. The maximum absolute atomic E-state index is 6.23. The van der Waals surface area contributed by atoms with Crippen molar-refractivity contribution in [2.45, 2.75) is 19.4 Å². The molecule has 0 spiro atoms. The van der Waals surface area contributed by atoms with Gasteiger partial charge in [-0.2, -0.15) is 5.10 Å². The van der Waals surface area contributed by atoms with Crippen LogP contribution in [0.15, 0.2) is 24.4 Å². The molecule has 1 heterocycles. The Morgan fingerprint density at radius 2 is 2.11 bits per heavy atom. The molecule has 1 unspecified atom stereocenters. The Kier molecular flexibility index (Phi) is 4.50. The van der Waals surface area contributed by atoms with Crippen LogP contribution in [0.4, 0.5) is 0 Å². The van der Waals surface area contributed by atoms with Crippen molar-refractivity contribution in [1.29, 1.82) is 0 Å². The molecule has 0 bridgehead atoms. The van der Waals surface area contributed by atoms with E-state index in [1.807, 2.05) is 37.1 Å². The molecule has 0 fully saturated rings. The number of rotatable bonds is 4. The largest absolute Gasteiger partial charge is 0.313 e. The highest BCUT2D eigenvalue weighted by Gasteiger charge is 2.16. The van der Waals surface area contributed by atoms with E-state index in [2.05, 4.69) is 17.3 Å². The summed E-state index contributed by atoms with van der Waals surface area (Å²) in [5.41, 5.74) is 3.43. The van der Waals surface area contributed by atoms with E-state index in [0.29, 0.717) is 10.0 Å². The summed E-state index contributed by atoms with van der Waals surface area (Å²) in [6, 6.07) is 5.81. The Hall–Kier alpha value is -1.03. The molecule has 1 aromatic heterocycles. The van der Waals surface area contributed by atoms with Crippen molar-refractivity contribution in [2.24, 2.45) is 7.05 Å². The predicted molar refractivity (Wildman–Crippen MR) is 79.9 cm³/mol. The molecule has 102 valence electrons. The van der Waals surface area contributed by atoms with Crippen LogP contribution in [0, 0.1) is 6.92 Å². The zero-order valence-corrected chi connectivity index (χ0v) is 12.8. The molecule has 0 saturated carbocycles. The Labute approximate surface area is 123 Å². The average molecular weight is 298 g/mol. The lowest BCUT2D eigenvalue weighted by molar-refractivity contribution is 0.586. The molecule has 1 atom stereocenters. The van der Waals surface area contributed by atoms with Crippen molar-refractivity contribution in [1.82, 2.24) is 15.1 Å². The van der Waals surface area contributed by atoms with Crippen molar-refractivity contribution in [2.75, 3.05) is 7.05 Å². The van der Waals surface area contributed by atoms with Gasteiger partial charge in [-0.15, -0.1) is 0 Å². The monoisotopic (exact) mass is 297 g/mol. The van der Waals surface area contributed by atoms with Crippen LogP contribution in [0.25, 0.3) is 0 Å². The Morgan fingerprint density at radius 3 is 2.63 bits per heavy atom. The van der Waals surface area contributed by atoms with Gasteiger partial charge in [0.2, 0.25) is 0 Å². The van der Waals surface area contributed by atoms with E-state index in [1.54, 1.807) is 6.07 Å². The first kappa shape index (κ1) is 14.4. The molecule has 0 saturated heterocycles. The second kappa shape index (κ2) is 5.95. The molecule has 0 aliphatic heterocycles. The van der Waals surface area contributed by atoms with Gasteiger partial charge in [-0.05, 0) is 38.1 Å². The molecule has 3 nitrogen and oxygen atoms in total. The first-order chi connectivity index (χ1) is 9.02. The SMILES string of the molecule is CNC(Cc1ccc(Cl)cc1Cl)c1cnn(C)c1C. The fourth-order valence-electron chi connectivity index (χ4n) is 2.13. The van der Waals surface area contributed by atoms with E-state index < -0.39 is 0 Å². The normalized spacial score (nSPS) is 12.7. The van der Waals surface area contributed by atoms with Gasteiger partial charge in [0.15, 0.2) is 0 Å². The van der Waals surface area contributed by atoms with Gasteiger partial charge in [-0.3, -0.25) is 4.68 Å². The molecule has 1 N–H and O–H groups in total. The van der Waals surface area contributed by atoms with E-state index in [-0.39, 0.29) is 6.04 Å². The molecule has 0 aliphatic rings. The lowest BCUT2D eigenvalue weighted by Crippen LogP contribution is -2.19. The molecule has 2 rings (SSSR count). The standard InChI is InChI=1S/C14H17Cl2N3/c1-9-12(8-18-19(9)3)14(17-2)6-10-4-5-11(15)7-13(10)16/h4-5,7-8,14,17H,6H2,1-3H3. The summed E-state index contributed by atoms with van der Waals surface area (Å²) in [5, 5.41) is 8.97. The highest BCUT2D eigenvalue weighted by atomic mass is 35.5. The number of hydrogen-bond acceptors (Lipinski definition) is 2. The van der Waals surface area contributed by atoms with Gasteiger partial charge in [0.1, 0.15) is 0 Å². The van der Waals surface area contributed by atoms with Gasteiger partial charge >= 0.3 is 0 Å². The lowest BCUT2D eigenvalue weighted by atomic mass is 9.99. The molecule has 0 amide bonds. The quantitative estimate of drug-likeness (QED) is 0.935. The van der Waals surface area contributed by atoms with Crippen molar-refractivity contribution < 1.29 is 0 Å². The Balaban J connectivity index is 2.26. The van der Waals surface area contributed by atoms with Crippen LogP contribution in [0.1, 0.15) is 22.9 Å². The molecular weight excluding hydrogens is 281 g/mol. The number of nitrogens with zero attached hydrogens (tertiary/aromatic N) is 2. The van der Waals surface area contributed by atoms with Crippen LogP contribution in [0.5, 0.6) is 0 Å². The van der Waals surface area contributed by atoms with Crippen LogP contribution >= 0.6 is 23.2 Å². The first-order valence-electron chi connectivity index (χ1n) is 6.12. The van der Waals surface area contributed by atoms with Gasteiger partial charge < -0.3 is 5.32 Å². The van der Waals surface area contributed by atoms with Gasteiger partial charge in [-0.1, -0.05) is 29.3 Å². The van der Waals surface area contributed by atoms with Gasteiger partial charge in [-0.25, -0.2) is 0 Å². The van der Waals surface area contributed by atoms with E-state index in [1.165, 1.54) is 5.56 Å². The number of likely N-dealkylation sites (N-methyl/N-ethyl adjacent to an activating group) is 1. The van der Waals surface area contributed by atoms with Crippen molar-refractivity contribution >= 4 is 23.2 Å². The zero-order chi connectivity index (χ0) is 14.0. The summed E-state index contributed by atoms with van der Waals surface area (Å²) >= 11 is 12.1. The summed E-state index contributed by atoms with van der Waals surface area (Å²) < 4.78 is 1.88. The van der Waals surface area contributed by atoms with Crippen LogP contribution in [0.2, 0.25) is 10.0 Å². The summed E-state index contributed by atoms with van der Waals surface area (Å²) in [6.07, 6.45) is 2.71. The summed E-state index contributed by atoms with van der Waals surface area (Å²) in [5.74, 6) is 0. The minimum absolute atomic E-state index is 0.187. The molecule has 19 heavy (non-hydrogen) atoms. The lowest BCUT2D eigenvalue weighted by Gasteiger charge is -2.17. The predicted octanol–water partition coefficient (Wildman–Crippen LogP) is 3.54. The molecule has 2 aromatic rings. The minimum atomic E-state index is 0.187. The number of hydrogen-bond donors (Lipinski definition) is 1. The number of halogens is 2. The molecule has 0 aliphatic carbocycles. The van der Waals surface area contributed by atoms with E-state index >= 15 is 0 Å². The highest BCUT2D eigenvalue weighted by molar-refractivity contribution is 6.35. The van der Waals surface area contributed by atoms with Gasteiger partial charge in [0.25, 0.3) is 0 Å². The highest BCUT2D eigenvalue weighted by Crippen LogP contribution is 2.27. The van der Waals surface area contributed by atoms with Crippen molar-refractivity contribution in [3.8, 4) is 0 Å². The Morgan fingerprint density at radius 1 is 1.37 bits per heavy atom. The summed E-state index contributed by atoms with van der Waals surface area (Å²) in [7, 11) is 3.89. The second-order valence-corrected chi connectivity index (χ2v) is 5.43. The van der Waals surface area contributed by atoms with Crippen LogP contribution < -0.4 is 5.32 Å². The molecular formula is C14H17Cl2N3. The zero-order valence-electron chi connectivity index (χ0n) is 11.2. The fourth-order valence-corrected chi connectivity index (χ4v) is 2.62. The van der Waals surface area contributed by atoms with Crippen LogP contribution in [0.3, 0.4) is 0 Å². The van der Waals surface area contributed by atoms with Crippen LogP contribution in [-0.4, -0.2) is 16.8 Å². The number of benzene rings is 1. The van der Waals surface area contributed by atoms with Crippen molar-refractivity contribution in [3.05, 3.63) is 51.3 Å². The first-order valence-corrected chi connectivity index (χ1v) is 6.88. The average Bonchev–Trinajstić information content (AvgIpc) is 2.70. The summed E-state index contributed by atoms with van der Waals surface area (Å²) in [6.45, 7) is 2.07. The number of aryl methyl sites for hydroxylation is 1. The van der Waals surface area contributed by atoms with E-state index in [0.717, 1.165) is 17.7 Å². The minimum Gasteiger partial charge on any atom is -0.313 e. The Bertz CT molecular complexity index is 578. The third-order valence-corrected chi connectivity index (χ3v) is 4.02. The van der Waals surface area contributed by atoms with E-state index in [9.17, 15) is 0 Å².